The lowest BCUT2D eigenvalue weighted by Crippen LogP contribution is -2.58. The quantitative estimate of drug-likeness (QED) is 0.250. The average Bonchev–Trinajstić information content (AvgIpc) is 2.72. The van der Waals surface area contributed by atoms with Crippen molar-refractivity contribution in [3.8, 4) is 0 Å². The van der Waals surface area contributed by atoms with Gasteiger partial charge in [0.2, 0.25) is 17.7 Å². The first-order valence-electron chi connectivity index (χ1n) is 10.5. The highest BCUT2D eigenvalue weighted by atomic mass is 16.4. The van der Waals surface area contributed by atoms with Crippen LogP contribution in [0.15, 0.2) is 30.3 Å². The van der Waals surface area contributed by atoms with Crippen LogP contribution >= 0.6 is 0 Å². The Morgan fingerprint density at radius 2 is 1.41 bits per heavy atom. The Labute approximate surface area is 187 Å². The number of carbonyl (C=O) groups excluding carboxylic acids is 3. The topological polar surface area (TPSA) is 171 Å². The van der Waals surface area contributed by atoms with E-state index in [1.165, 1.54) is 13.8 Å². The van der Waals surface area contributed by atoms with Crippen LogP contribution in [0.25, 0.3) is 0 Å². The highest BCUT2D eigenvalue weighted by Gasteiger charge is 2.30. The van der Waals surface area contributed by atoms with Gasteiger partial charge in [0, 0.05) is 6.42 Å². The SMILES string of the molecule is CC(C)CC(NC(=O)C(N)C(C)O)C(=O)NC(Cc1ccccc1)C(=O)NC(C)C(=O)O. The smallest absolute Gasteiger partial charge is 0.325 e. The van der Waals surface area contributed by atoms with Gasteiger partial charge in [0.1, 0.15) is 24.2 Å². The van der Waals surface area contributed by atoms with Gasteiger partial charge >= 0.3 is 5.97 Å². The second kappa shape index (κ2) is 12.8. The number of nitrogens with one attached hydrogen (secondary N) is 3. The summed E-state index contributed by atoms with van der Waals surface area (Å²) >= 11 is 0. The van der Waals surface area contributed by atoms with Crippen LogP contribution in [0.4, 0.5) is 0 Å². The minimum absolute atomic E-state index is 0.0299. The van der Waals surface area contributed by atoms with Crippen molar-refractivity contribution in [2.24, 2.45) is 11.7 Å². The summed E-state index contributed by atoms with van der Waals surface area (Å²) in [6, 6.07) is 4.52. The molecular weight excluding hydrogens is 416 g/mol. The van der Waals surface area contributed by atoms with E-state index in [9.17, 15) is 24.3 Å². The van der Waals surface area contributed by atoms with E-state index in [2.05, 4.69) is 16.0 Å². The molecule has 178 valence electrons. The van der Waals surface area contributed by atoms with Crippen LogP contribution in [0, 0.1) is 5.92 Å². The molecule has 0 spiro atoms. The predicted octanol–water partition coefficient (Wildman–Crippen LogP) is -0.458. The zero-order valence-electron chi connectivity index (χ0n) is 18.9. The van der Waals surface area contributed by atoms with Crippen molar-refractivity contribution in [1.82, 2.24) is 16.0 Å². The molecule has 32 heavy (non-hydrogen) atoms. The van der Waals surface area contributed by atoms with Crippen molar-refractivity contribution in [3.05, 3.63) is 35.9 Å². The van der Waals surface area contributed by atoms with Crippen LogP contribution in [-0.2, 0) is 25.6 Å². The molecule has 10 heteroatoms. The predicted molar refractivity (Wildman–Crippen MR) is 118 cm³/mol. The standard InChI is InChI=1S/C22H34N4O6/c1-12(2)10-16(26-21(30)18(23)14(4)27)20(29)25-17(11-15-8-6-5-7-9-15)19(28)24-13(3)22(31)32/h5-9,12-14,16-18,27H,10-11,23H2,1-4H3,(H,24,28)(H,25,29)(H,26,30)(H,31,32). The highest BCUT2D eigenvalue weighted by molar-refractivity contribution is 5.94. The maximum atomic E-state index is 13.0. The number of hydrogen-bond acceptors (Lipinski definition) is 6. The number of aliphatic carboxylic acids is 1. The van der Waals surface area contributed by atoms with Crippen molar-refractivity contribution in [2.75, 3.05) is 0 Å². The number of carboxylic acids is 1. The Morgan fingerprint density at radius 3 is 1.91 bits per heavy atom. The largest absolute Gasteiger partial charge is 0.480 e. The van der Waals surface area contributed by atoms with Crippen LogP contribution in [0.2, 0.25) is 0 Å². The summed E-state index contributed by atoms with van der Waals surface area (Å²) in [7, 11) is 0. The maximum Gasteiger partial charge on any atom is 0.325 e. The van der Waals surface area contributed by atoms with Crippen LogP contribution < -0.4 is 21.7 Å². The summed E-state index contributed by atoms with van der Waals surface area (Å²) in [6.45, 7) is 6.42. The van der Waals surface area contributed by atoms with E-state index in [4.69, 9.17) is 10.8 Å². The normalized spacial score (nSPS) is 15.7. The molecule has 0 bridgehead atoms. The zero-order valence-corrected chi connectivity index (χ0v) is 18.9. The molecule has 5 atom stereocenters. The van der Waals surface area contributed by atoms with Gasteiger partial charge in [-0.2, -0.15) is 0 Å². The number of carbonyl (C=O) groups is 4. The fourth-order valence-corrected chi connectivity index (χ4v) is 2.90. The third-order valence-electron chi connectivity index (χ3n) is 4.81. The van der Waals surface area contributed by atoms with Gasteiger partial charge in [0.05, 0.1) is 6.10 Å². The summed E-state index contributed by atoms with van der Waals surface area (Å²) in [5, 5.41) is 26.2. The minimum Gasteiger partial charge on any atom is -0.480 e. The summed E-state index contributed by atoms with van der Waals surface area (Å²) in [5.41, 5.74) is 6.42. The molecule has 0 radical (unpaired) electrons. The lowest BCUT2D eigenvalue weighted by molar-refractivity contribution is -0.141. The van der Waals surface area contributed by atoms with Crippen molar-refractivity contribution < 1.29 is 29.4 Å². The number of nitrogens with two attached hydrogens (primary N) is 1. The second-order valence-electron chi connectivity index (χ2n) is 8.28. The first-order valence-corrected chi connectivity index (χ1v) is 10.5. The average molecular weight is 451 g/mol. The molecule has 0 saturated carbocycles. The minimum atomic E-state index is -1.21. The Kier molecular flexibility index (Phi) is 10.8. The van der Waals surface area contributed by atoms with Crippen LogP contribution in [0.5, 0.6) is 0 Å². The van der Waals surface area contributed by atoms with Crippen LogP contribution in [0.1, 0.15) is 39.7 Å². The van der Waals surface area contributed by atoms with E-state index in [-0.39, 0.29) is 18.8 Å². The first kappa shape index (κ1) is 27.1. The molecule has 0 saturated heterocycles. The fourth-order valence-electron chi connectivity index (χ4n) is 2.90. The monoisotopic (exact) mass is 450 g/mol. The van der Waals surface area contributed by atoms with E-state index in [0.717, 1.165) is 5.56 Å². The number of aliphatic hydroxyl groups is 1. The maximum absolute atomic E-state index is 13.0. The highest BCUT2D eigenvalue weighted by Crippen LogP contribution is 2.09. The molecule has 0 fully saturated rings. The summed E-state index contributed by atoms with van der Waals surface area (Å²) in [5.74, 6) is -3.14. The van der Waals surface area contributed by atoms with Crippen molar-refractivity contribution in [2.45, 2.75) is 70.8 Å². The summed E-state index contributed by atoms with van der Waals surface area (Å²) < 4.78 is 0. The molecule has 0 aliphatic rings. The summed E-state index contributed by atoms with van der Waals surface area (Å²) in [6.07, 6.45) is -0.706. The third-order valence-corrected chi connectivity index (χ3v) is 4.81. The molecule has 0 aromatic heterocycles. The molecule has 1 aromatic rings. The van der Waals surface area contributed by atoms with E-state index in [1.807, 2.05) is 19.9 Å². The molecule has 10 nitrogen and oxygen atoms in total. The Bertz CT molecular complexity index is 784. The van der Waals surface area contributed by atoms with Gasteiger partial charge in [-0.3, -0.25) is 19.2 Å². The number of aliphatic hydroxyl groups excluding tert-OH is 1. The third kappa shape index (κ3) is 9.03. The Balaban J connectivity index is 3.05. The van der Waals surface area contributed by atoms with Gasteiger partial charge in [-0.1, -0.05) is 44.2 Å². The van der Waals surface area contributed by atoms with Crippen molar-refractivity contribution in [3.63, 3.8) is 0 Å². The lowest BCUT2D eigenvalue weighted by atomic mass is 10.0. The Hall–Kier alpha value is -2.98. The van der Waals surface area contributed by atoms with Gasteiger partial charge in [-0.15, -0.1) is 0 Å². The molecule has 7 N–H and O–H groups in total. The van der Waals surface area contributed by atoms with Gasteiger partial charge < -0.3 is 31.9 Å². The van der Waals surface area contributed by atoms with Crippen molar-refractivity contribution in [1.29, 1.82) is 0 Å². The Morgan fingerprint density at radius 1 is 0.875 bits per heavy atom. The van der Waals surface area contributed by atoms with Crippen LogP contribution in [-0.4, -0.2) is 64.2 Å². The van der Waals surface area contributed by atoms with E-state index < -0.39 is 54.0 Å². The number of hydrogen-bond donors (Lipinski definition) is 6. The van der Waals surface area contributed by atoms with E-state index >= 15 is 0 Å². The van der Waals surface area contributed by atoms with Gasteiger partial charge in [-0.25, -0.2) is 0 Å². The first-order chi connectivity index (χ1) is 14.9. The second-order valence-corrected chi connectivity index (χ2v) is 8.28. The number of carboxylic acid groups (broad SMARTS) is 1. The number of benzene rings is 1. The van der Waals surface area contributed by atoms with Gasteiger partial charge in [0.15, 0.2) is 0 Å². The molecule has 5 unspecified atom stereocenters. The molecule has 0 heterocycles. The molecule has 3 amide bonds. The summed E-state index contributed by atoms with van der Waals surface area (Å²) in [4.78, 5) is 49.2. The number of rotatable bonds is 12. The van der Waals surface area contributed by atoms with Gasteiger partial charge in [-0.05, 0) is 31.7 Å². The lowest BCUT2D eigenvalue weighted by Gasteiger charge is -2.26. The van der Waals surface area contributed by atoms with Crippen LogP contribution in [0.3, 0.4) is 0 Å². The fraction of sp³-hybridized carbons (Fsp3) is 0.545. The molecule has 0 aliphatic carbocycles. The van der Waals surface area contributed by atoms with E-state index in [1.54, 1.807) is 24.3 Å². The van der Waals surface area contributed by atoms with E-state index in [0.29, 0.717) is 0 Å². The molecule has 0 aliphatic heterocycles. The number of amides is 3. The molecule has 1 aromatic carbocycles. The molecule has 1 rings (SSSR count). The van der Waals surface area contributed by atoms with Crippen molar-refractivity contribution >= 4 is 23.7 Å². The molecular formula is C22H34N4O6. The zero-order chi connectivity index (χ0) is 24.4. The van der Waals surface area contributed by atoms with Gasteiger partial charge in [0.25, 0.3) is 0 Å².